The molecular formula is C11H21O. The molecule has 1 radical (unpaired) electrons. The van der Waals surface area contributed by atoms with Crippen LogP contribution >= 0.6 is 0 Å². The molecule has 1 aliphatic rings. The van der Waals surface area contributed by atoms with E-state index in [0.29, 0.717) is 6.10 Å². The number of ether oxygens (including phenoxy) is 1. The standard InChI is InChI=1S/C11H21O/c1-3-7-11(12-2)10-8-5-4-6-9-10/h11H,3-9H2,1-2H3. The van der Waals surface area contributed by atoms with Crippen LogP contribution in [0.1, 0.15) is 51.9 Å². The van der Waals surface area contributed by atoms with Crippen molar-refractivity contribution in [2.24, 2.45) is 0 Å². The molecule has 0 aromatic heterocycles. The number of hydrogen-bond acceptors (Lipinski definition) is 1. The van der Waals surface area contributed by atoms with Gasteiger partial charge in [0.15, 0.2) is 0 Å². The summed E-state index contributed by atoms with van der Waals surface area (Å²) in [5.41, 5.74) is 0. The van der Waals surface area contributed by atoms with Gasteiger partial charge in [-0.3, -0.25) is 0 Å². The van der Waals surface area contributed by atoms with Gasteiger partial charge in [0.25, 0.3) is 0 Å². The molecule has 1 unspecified atom stereocenters. The maximum Gasteiger partial charge on any atom is 0.0633 e. The lowest BCUT2D eigenvalue weighted by Crippen LogP contribution is -2.22. The van der Waals surface area contributed by atoms with Crippen LogP contribution in [0, 0.1) is 5.92 Å². The fourth-order valence-electron chi connectivity index (χ4n) is 2.08. The van der Waals surface area contributed by atoms with Crippen LogP contribution in [-0.2, 0) is 4.74 Å². The summed E-state index contributed by atoms with van der Waals surface area (Å²) in [6.45, 7) is 2.23. The first kappa shape index (κ1) is 10.0. The summed E-state index contributed by atoms with van der Waals surface area (Å²) in [7, 11) is 1.85. The van der Waals surface area contributed by atoms with Crippen molar-refractivity contribution in [1.82, 2.24) is 0 Å². The van der Waals surface area contributed by atoms with E-state index in [1.807, 2.05) is 7.11 Å². The van der Waals surface area contributed by atoms with Gasteiger partial charge in [0, 0.05) is 13.0 Å². The van der Waals surface area contributed by atoms with E-state index in [1.165, 1.54) is 44.9 Å². The van der Waals surface area contributed by atoms with Crippen LogP contribution in [0.2, 0.25) is 0 Å². The first-order valence-corrected chi connectivity index (χ1v) is 5.26. The van der Waals surface area contributed by atoms with E-state index in [0.717, 1.165) is 0 Å². The summed E-state index contributed by atoms with van der Waals surface area (Å²) in [6, 6.07) is 0. The highest BCUT2D eigenvalue weighted by Crippen LogP contribution is 2.31. The number of hydrogen-bond donors (Lipinski definition) is 0. The third-order valence-electron chi connectivity index (χ3n) is 2.79. The molecule has 0 heterocycles. The third-order valence-corrected chi connectivity index (χ3v) is 2.79. The lowest BCUT2D eigenvalue weighted by Gasteiger charge is -2.28. The van der Waals surface area contributed by atoms with Gasteiger partial charge in [-0.05, 0) is 19.3 Å². The zero-order valence-corrected chi connectivity index (χ0v) is 8.44. The molecule has 0 aromatic carbocycles. The molecule has 1 aliphatic carbocycles. The highest BCUT2D eigenvalue weighted by Gasteiger charge is 2.22. The third kappa shape index (κ3) is 2.78. The van der Waals surface area contributed by atoms with E-state index in [9.17, 15) is 0 Å². The Morgan fingerprint density at radius 3 is 2.42 bits per heavy atom. The first-order chi connectivity index (χ1) is 5.88. The highest BCUT2D eigenvalue weighted by molar-refractivity contribution is 4.99. The minimum atomic E-state index is 0.468. The zero-order valence-electron chi connectivity index (χ0n) is 8.44. The quantitative estimate of drug-likeness (QED) is 0.627. The van der Waals surface area contributed by atoms with Gasteiger partial charge < -0.3 is 4.74 Å². The predicted octanol–water partition coefficient (Wildman–Crippen LogP) is 3.34. The van der Waals surface area contributed by atoms with E-state index >= 15 is 0 Å². The van der Waals surface area contributed by atoms with Gasteiger partial charge in [0.2, 0.25) is 0 Å². The maximum atomic E-state index is 5.49. The lowest BCUT2D eigenvalue weighted by atomic mass is 9.84. The molecule has 12 heavy (non-hydrogen) atoms. The molecule has 0 saturated heterocycles. The van der Waals surface area contributed by atoms with Gasteiger partial charge in [-0.1, -0.05) is 32.6 Å². The van der Waals surface area contributed by atoms with Crippen LogP contribution in [0.5, 0.6) is 0 Å². The highest BCUT2D eigenvalue weighted by atomic mass is 16.5. The topological polar surface area (TPSA) is 9.23 Å². The van der Waals surface area contributed by atoms with E-state index in [4.69, 9.17) is 4.74 Å². The van der Waals surface area contributed by atoms with Crippen molar-refractivity contribution in [3.63, 3.8) is 0 Å². The molecule has 1 atom stereocenters. The SMILES string of the molecule is CCCC(OC)[C]1CCCCC1. The Morgan fingerprint density at radius 1 is 1.25 bits per heavy atom. The number of rotatable bonds is 4. The summed E-state index contributed by atoms with van der Waals surface area (Å²) in [5, 5.41) is 0. The van der Waals surface area contributed by atoms with Crippen molar-refractivity contribution in [3.05, 3.63) is 5.92 Å². The largest absolute Gasteiger partial charge is 0.381 e. The maximum absolute atomic E-state index is 5.49. The summed E-state index contributed by atoms with van der Waals surface area (Å²) in [5.74, 6) is 1.67. The molecule has 0 aliphatic heterocycles. The van der Waals surface area contributed by atoms with Crippen LogP contribution in [-0.4, -0.2) is 13.2 Å². The van der Waals surface area contributed by atoms with E-state index in [-0.39, 0.29) is 0 Å². The second-order valence-corrected chi connectivity index (χ2v) is 3.73. The fourth-order valence-corrected chi connectivity index (χ4v) is 2.08. The van der Waals surface area contributed by atoms with Gasteiger partial charge in [0.05, 0.1) is 6.10 Å². The molecule has 1 saturated carbocycles. The minimum absolute atomic E-state index is 0.468. The van der Waals surface area contributed by atoms with Crippen molar-refractivity contribution in [2.75, 3.05) is 7.11 Å². The monoisotopic (exact) mass is 169 g/mol. The van der Waals surface area contributed by atoms with Crippen molar-refractivity contribution in [1.29, 1.82) is 0 Å². The average molecular weight is 169 g/mol. The van der Waals surface area contributed by atoms with Crippen molar-refractivity contribution in [3.8, 4) is 0 Å². The van der Waals surface area contributed by atoms with E-state index in [1.54, 1.807) is 5.92 Å². The van der Waals surface area contributed by atoms with Gasteiger partial charge in [-0.2, -0.15) is 0 Å². The van der Waals surface area contributed by atoms with E-state index < -0.39 is 0 Å². The van der Waals surface area contributed by atoms with Crippen LogP contribution in [0.3, 0.4) is 0 Å². The second kappa shape index (κ2) is 5.58. The number of methoxy groups -OCH3 is 1. The minimum Gasteiger partial charge on any atom is -0.381 e. The normalized spacial score (nSPS) is 22.5. The predicted molar refractivity (Wildman–Crippen MR) is 52.0 cm³/mol. The molecule has 0 N–H and O–H groups in total. The van der Waals surface area contributed by atoms with Crippen molar-refractivity contribution in [2.45, 2.75) is 58.0 Å². The van der Waals surface area contributed by atoms with Crippen molar-refractivity contribution >= 4 is 0 Å². The van der Waals surface area contributed by atoms with Gasteiger partial charge in [0.1, 0.15) is 0 Å². The smallest absolute Gasteiger partial charge is 0.0633 e. The molecule has 1 fully saturated rings. The Morgan fingerprint density at radius 2 is 1.92 bits per heavy atom. The van der Waals surface area contributed by atoms with Gasteiger partial charge in [-0.25, -0.2) is 0 Å². The van der Waals surface area contributed by atoms with E-state index in [2.05, 4.69) is 6.92 Å². The van der Waals surface area contributed by atoms with Crippen LogP contribution in [0.4, 0.5) is 0 Å². The fraction of sp³-hybridized carbons (Fsp3) is 0.909. The summed E-state index contributed by atoms with van der Waals surface area (Å²) >= 11 is 0. The zero-order chi connectivity index (χ0) is 8.81. The van der Waals surface area contributed by atoms with Gasteiger partial charge >= 0.3 is 0 Å². The first-order valence-electron chi connectivity index (χ1n) is 5.26. The van der Waals surface area contributed by atoms with Crippen LogP contribution in [0.25, 0.3) is 0 Å². The molecule has 1 nitrogen and oxygen atoms in total. The Labute approximate surface area is 76.5 Å². The van der Waals surface area contributed by atoms with Crippen LogP contribution < -0.4 is 0 Å². The second-order valence-electron chi connectivity index (χ2n) is 3.73. The summed E-state index contributed by atoms with van der Waals surface area (Å²) in [4.78, 5) is 0. The Hall–Kier alpha value is -0.0400. The average Bonchev–Trinajstić information content (AvgIpc) is 2.15. The van der Waals surface area contributed by atoms with Crippen LogP contribution in [0.15, 0.2) is 0 Å². The molecule has 0 amide bonds. The molecule has 71 valence electrons. The molecule has 0 aromatic rings. The Bertz CT molecular complexity index is 103. The Kier molecular flexibility index (Phi) is 4.67. The molecule has 0 spiro atoms. The molecule has 1 heteroatoms. The molecule has 0 bridgehead atoms. The lowest BCUT2D eigenvalue weighted by molar-refractivity contribution is 0.0932. The summed E-state index contributed by atoms with van der Waals surface area (Å²) in [6.07, 6.45) is 9.75. The summed E-state index contributed by atoms with van der Waals surface area (Å²) < 4.78 is 5.49. The Balaban J connectivity index is 2.29. The molecular weight excluding hydrogens is 148 g/mol. The van der Waals surface area contributed by atoms with Crippen molar-refractivity contribution < 1.29 is 4.74 Å². The van der Waals surface area contributed by atoms with Gasteiger partial charge in [-0.15, -0.1) is 0 Å². The molecule has 1 rings (SSSR count).